The predicted octanol–water partition coefficient (Wildman–Crippen LogP) is 2.74. The maximum absolute atomic E-state index is 12.7. The zero-order chi connectivity index (χ0) is 14.9. The molecule has 0 aliphatic carbocycles. The van der Waals surface area contributed by atoms with Gasteiger partial charge in [-0.15, -0.1) is 0 Å². The summed E-state index contributed by atoms with van der Waals surface area (Å²) in [6.45, 7) is 2.84. The van der Waals surface area contributed by atoms with Gasteiger partial charge in [0.2, 0.25) is 10.0 Å². The Kier molecular flexibility index (Phi) is 4.97. The molecule has 2 N–H and O–H groups in total. The second-order valence-corrected chi connectivity index (χ2v) is 7.87. The molecule has 0 aromatic heterocycles. The number of rotatable bonds is 3. The van der Waals surface area contributed by atoms with Gasteiger partial charge in [0, 0.05) is 19.1 Å². The number of sulfonamides is 1. The third-order valence-corrected chi connectivity index (χ3v) is 6.54. The Bertz CT molecular complexity index is 590. The lowest BCUT2D eigenvalue weighted by atomic mass is 9.93. The Labute approximate surface area is 129 Å². The molecule has 1 heterocycles. The molecule has 0 spiro atoms. The summed E-state index contributed by atoms with van der Waals surface area (Å²) in [6.07, 6.45) is 1.76. The fourth-order valence-corrected chi connectivity index (χ4v) is 4.72. The second kappa shape index (κ2) is 6.20. The van der Waals surface area contributed by atoms with E-state index in [1.165, 1.54) is 10.4 Å². The summed E-state index contributed by atoms with van der Waals surface area (Å²) in [5, 5.41) is 0.325. The number of hydrogen-bond donors (Lipinski definition) is 1. The van der Waals surface area contributed by atoms with Crippen LogP contribution in [-0.4, -0.2) is 31.9 Å². The van der Waals surface area contributed by atoms with Gasteiger partial charge >= 0.3 is 0 Å². The Morgan fingerprint density at radius 3 is 2.75 bits per heavy atom. The van der Waals surface area contributed by atoms with Gasteiger partial charge in [-0.05, 0) is 37.8 Å². The molecule has 1 aliphatic rings. The Balaban J connectivity index is 2.33. The molecule has 1 aromatic carbocycles. The minimum absolute atomic E-state index is 0.0252. The molecule has 0 unspecified atom stereocenters. The lowest BCUT2D eigenvalue weighted by Crippen LogP contribution is -2.45. The Morgan fingerprint density at radius 1 is 1.40 bits per heavy atom. The van der Waals surface area contributed by atoms with Crippen LogP contribution in [-0.2, 0) is 10.0 Å². The van der Waals surface area contributed by atoms with Crippen LogP contribution in [0.5, 0.6) is 0 Å². The molecule has 1 saturated heterocycles. The van der Waals surface area contributed by atoms with Crippen LogP contribution in [0.1, 0.15) is 19.8 Å². The first-order chi connectivity index (χ1) is 9.34. The predicted molar refractivity (Wildman–Crippen MR) is 81.6 cm³/mol. The van der Waals surface area contributed by atoms with Crippen LogP contribution >= 0.6 is 23.2 Å². The molecular weight excluding hydrogens is 319 g/mol. The Hall–Kier alpha value is -0.330. The summed E-state index contributed by atoms with van der Waals surface area (Å²) in [6, 6.07) is 4.62. The van der Waals surface area contributed by atoms with Crippen LogP contribution in [0.4, 0.5) is 0 Å². The number of benzene rings is 1. The highest BCUT2D eigenvalue weighted by Crippen LogP contribution is 2.32. The Morgan fingerprint density at radius 2 is 2.10 bits per heavy atom. The fourth-order valence-electron chi connectivity index (χ4n) is 2.44. The van der Waals surface area contributed by atoms with E-state index in [0.29, 0.717) is 13.1 Å². The normalized spacial score (nSPS) is 22.7. The lowest BCUT2D eigenvalue weighted by molar-refractivity contribution is 0.243. The average molecular weight is 337 g/mol. The number of halogens is 2. The van der Waals surface area contributed by atoms with E-state index in [-0.39, 0.29) is 26.9 Å². The summed E-state index contributed by atoms with van der Waals surface area (Å²) < 4.78 is 26.8. The maximum Gasteiger partial charge on any atom is 0.244 e. The van der Waals surface area contributed by atoms with Crippen molar-refractivity contribution in [3.8, 4) is 0 Å². The molecule has 2 rings (SSSR count). The van der Waals surface area contributed by atoms with Gasteiger partial charge in [-0.3, -0.25) is 0 Å². The zero-order valence-electron chi connectivity index (χ0n) is 11.2. The van der Waals surface area contributed by atoms with Gasteiger partial charge in [0.15, 0.2) is 0 Å². The van der Waals surface area contributed by atoms with Crippen molar-refractivity contribution < 1.29 is 8.42 Å². The molecule has 0 saturated carbocycles. The molecule has 7 heteroatoms. The van der Waals surface area contributed by atoms with Crippen LogP contribution in [0.25, 0.3) is 0 Å². The number of nitrogens with zero attached hydrogens (tertiary/aromatic N) is 1. The van der Waals surface area contributed by atoms with Crippen molar-refractivity contribution in [3.05, 3.63) is 28.2 Å². The van der Waals surface area contributed by atoms with E-state index in [1.54, 1.807) is 12.1 Å². The monoisotopic (exact) mass is 336 g/mol. The van der Waals surface area contributed by atoms with Crippen molar-refractivity contribution in [2.75, 3.05) is 13.1 Å². The molecule has 20 heavy (non-hydrogen) atoms. The van der Waals surface area contributed by atoms with Gasteiger partial charge in [0.05, 0.1) is 10.0 Å². The molecule has 112 valence electrons. The highest BCUT2D eigenvalue weighted by Gasteiger charge is 2.33. The largest absolute Gasteiger partial charge is 0.328 e. The van der Waals surface area contributed by atoms with Crippen LogP contribution in [0, 0.1) is 5.92 Å². The van der Waals surface area contributed by atoms with Gasteiger partial charge in [0.25, 0.3) is 0 Å². The number of piperidine rings is 1. The molecule has 0 bridgehead atoms. The third kappa shape index (κ3) is 3.12. The summed E-state index contributed by atoms with van der Waals surface area (Å²) >= 11 is 11.9. The van der Waals surface area contributed by atoms with Crippen LogP contribution < -0.4 is 5.73 Å². The first kappa shape index (κ1) is 16.0. The lowest BCUT2D eigenvalue weighted by Gasteiger charge is -2.33. The summed E-state index contributed by atoms with van der Waals surface area (Å²) in [7, 11) is -3.62. The average Bonchev–Trinajstić information content (AvgIpc) is 2.41. The molecule has 1 aromatic rings. The maximum atomic E-state index is 12.7. The van der Waals surface area contributed by atoms with E-state index in [0.717, 1.165) is 12.8 Å². The van der Waals surface area contributed by atoms with E-state index in [1.807, 2.05) is 6.92 Å². The first-order valence-electron chi connectivity index (χ1n) is 6.53. The summed E-state index contributed by atoms with van der Waals surface area (Å²) in [5.74, 6) is 0.177. The topological polar surface area (TPSA) is 63.4 Å². The van der Waals surface area contributed by atoms with Gasteiger partial charge in [-0.25, -0.2) is 8.42 Å². The van der Waals surface area contributed by atoms with E-state index >= 15 is 0 Å². The van der Waals surface area contributed by atoms with E-state index in [4.69, 9.17) is 28.9 Å². The van der Waals surface area contributed by atoms with Gasteiger partial charge < -0.3 is 5.73 Å². The van der Waals surface area contributed by atoms with E-state index in [9.17, 15) is 8.42 Å². The smallest absolute Gasteiger partial charge is 0.244 e. The van der Waals surface area contributed by atoms with Gasteiger partial charge in [-0.1, -0.05) is 29.3 Å². The molecule has 1 fully saturated rings. The van der Waals surface area contributed by atoms with Crippen LogP contribution in [0.15, 0.2) is 23.1 Å². The molecule has 0 amide bonds. The third-order valence-electron chi connectivity index (χ3n) is 3.70. The highest BCUT2D eigenvalue weighted by atomic mass is 35.5. The van der Waals surface area contributed by atoms with Crippen molar-refractivity contribution in [1.29, 1.82) is 0 Å². The van der Waals surface area contributed by atoms with E-state index < -0.39 is 10.0 Å². The highest BCUT2D eigenvalue weighted by molar-refractivity contribution is 7.89. The molecule has 0 radical (unpaired) electrons. The molecule has 1 aliphatic heterocycles. The fraction of sp³-hybridized carbons (Fsp3) is 0.538. The zero-order valence-corrected chi connectivity index (χ0v) is 13.5. The van der Waals surface area contributed by atoms with Crippen LogP contribution in [0.2, 0.25) is 10.0 Å². The van der Waals surface area contributed by atoms with Crippen LogP contribution in [0.3, 0.4) is 0 Å². The van der Waals surface area contributed by atoms with Crippen molar-refractivity contribution in [1.82, 2.24) is 4.31 Å². The number of nitrogens with two attached hydrogens (primary N) is 1. The van der Waals surface area contributed by atoms with Gasteiger partial charge in [0.1, 0.15) is 4.90 Å². The molecular formula is C13H18Cl2N2O2S. The SMILES string of the molecule is C[C@H](N)[C@@H]1CCCN(S(=O)(=O)c2cccc(Cl)c2Cl)C1. The second-order valence-electron chi connectivity index (χ2n) is 5.18. The van der Waals surface area contributed by atoms with Crippen molar-refractivity contribution in [3.63, 3.8) is 0 Å². The summed E-state index contributed by atoms with van der Waals surface area (Å²) in [5.41, 5.74) is 5.90. The molecule has 4 nitrogen and oxygen atoms in total. The van der Waals surface area contributed by atoms with Crippen molar-refractivity contribution in [2.24, 2.45) is 11.7 Å². The van der Waals surface area contributed by atoms with Gasteiger partial charge in [-0.2, -0.15) is 4.31 Å². The molecule has 2 atom stereocenters. The van der Waals surface area contributed by atoms with E-state index in [2.05, 4.69) is 0 Å². The first-order valence-corrected chi connectivity index (χ1v) is 8.73. The standard InChI is InChI=1S/C13H18Cl2N2O2S/c1-9(16)10-4-3-7-17(8-10)20(18,19)12-6-2-5-11(14)13(12)15/h2,5-6,9-10H,3-4,7-8,16H2,1H3/t9-,10+/m0/s1. The minimum Gasteiger partial charge on any atom is -0.328 e. The minimum atomic E-state index is -3.62. The number of hydrogen-bond acceptors (Lipinski definition) is 3. The summed E-state index contributed by atoms with van der Waals surface area (Å²) in [4.78, 5) is 0.0667. The quantitative estimate of drug-likeness (QED) is 0.922. The van der Waals surface area contributed by atoms with Crippen molar-refractivity contribution >= 4 is 33.2 Å². The van der Waals surface area contributed by atoms with Crippen molar-refractivity contribution in [2.45, 2.75) is 30.7 Å².